The number of rotatable bonds is 7. The SMILES string of the molecule is CCN(C1=C(c2ccc(OC)c(OC)c2)C(=O)N(c2ccccc2)C1=O)c1ccccc1. The van der Waals surface area contributed by atoms with Crippen LogP contribution in [0.5, 0.6) is 11.5 Å². The lowest BCUT2D eigenvalue weighted by Crippen LogP contribution is -2.35. The molecule has 0 saturated carbocycles. The summed E-state index contributed by atoms with van der Waals surface area (Å²) < 4.78 is 10.8. The summed E-state index contributed by atoms with van der Waals surface area (Å²) in [5, 5.41) is 0. The van der Waals surface area contributed by atoms with Gasteiger partial charge in [0.1, 0.15) is 5.70 Å². The lowest BCUT2D eigenvalue weighted by Gasteiger charge is -2.25. The van der Waals surface area contributed by atoms with Gasteiger partial charge in [0.05, 0.1) is 25.5 Å². The third kappa shape index (κ3) is 3.60. The van der Waals surface area contributed by atoms with Crippen LogP contribution in [0, 0.1) is 0 Å². The maximum atomic E-state index is 13.7. The van der Waals surface area contributed by atoms with Crippen molar-refractivity contribution in [2.75, 3.05) is 30.6 Å². The molecule has 6 heteroatoms. The molecule has 1 aliphatic rings. The van der Waals surface area contributed by atoms with Gasteiger partial charge in [-0.05, 0) is 48.9 Å². The average Bonchev–Trinajstić information content (AvgIpc) is 3.10. The number of likely N-dealkylation sites (N-methyl/N-ethyl adjacent to an activating group) is 1. The summed E-state index contributed by atoms with van der Waals surface area (Å²) in [6.07, 6.45) is 0. The topological polar surface area (TPSA) is 59.1 Å². The number of amides is 2. The largest absolute Gasteiger partial charge is 0.493 e. The molecular formula is C26H24N2O4. The van der Waals surface area contributed by atoms with Crippen LogP contribution in [-0.2, 0) is 9.59 Å². The number of hydrogen-bond acceptors (Lipinski definition) is 5. The highest BCUT2D eigenvalue weighted by molar-refractivity contribution is 6.46. The Hall–Kier alpha value is -4.06. The lowest BCUT2D eigenvalue weighted by atomic mass is 10.0. The molecule has 32 heavy (non-hydrogen) atoms. The van der Waals surface area contributed by atoms with E-state index in [0.29, 0.717) is 40.6 Å². The summed E-state index contributed by atoms with van der Waals surface area (Å²) in [5.41, 5.74) is 2.60. The first-order valence-corrected chi connectivity index (χ1v) is 10.3. The predicted octanol–water partition coefficient (Wildman–Crippen LogP) is 4.51. The summed E-state index contributed by atoms with van der Waals surface area (Å²) in [6, 6.07) is 23.8. The summed E-state index contributed by atoms with van der Waals surface area (Å²) in [7, 11) is 3.09. The molecular weight excluding hydrogens is 404 g/mol. The van der Waals surface area contributed by atoms with Crippen molar-refractivity contribution in [1.82, 2.24) is 0 Å². The van der Waals surface area contributed by atoms with E-state index in [1.807, 2.05) is 48.2 Å². The molecule has 0 aromatic heterocycles. The zero-order valence-corrected chi connectivity index (χ0v) is 18.2. The normalized spacial score (nSPS) is 13.5. The van der Waals surface area contributed by atoms with Gasteiger partial charge < -0.3 is 14.4 Å². The number of benzene rings is 3. The van der Waals surface area contributed by atoms with Gasteiger partial charge in [-0.2, -0.15) is 0 Å². The fourth-order valence-electron chi connectivity index (χ4n) is 3.91. The monoisotopic (exact) mass is 428 g/mol. The van der Waals surface area contributed by atoms with Gasteiger partial charge in [-0.1, -0.05) is 42.5 Å². The van der Waals surface area contributed by atoms with Gasteiger partial charge in [-0.25, -0.2) is 4.90 Å². The Morgan fingerprint density at radius 2 is 1.41 bits per heavy atom. The molecule has 0 unspecified atom stereocenters. The van der Waals surface area contributed by atoms with Crippen molar-refractivity contribution >= 4 is 28.8 Å². The average molecular weight is 428 g/mol. The number of para-hydroxylation sites is 2. The van der Waals surface area contributed by atoms with Crippen LogP contribution in [0.25, 0.3) is 5.57 Å². The van der Waals surface area contributed by atoms with Crippen LogP contribution in [-0.4, -0.2) is 32.6 Å². The number of carbonyl (C=O) groups is 2. The van der Waals surface area contributed by atoms with Crippen LogP contribution in [0.1, 0.15) is 12.5 Å². The molecule has 0 aliphatic carbocycles. The van der Waals surface area contributed by atoms with Gasteiger partial charge in [-0.15, -0.1) is 0 Å². The highest BCUT2D eigenvalue weighted by atomic mass is 16.5. The first kappa shape index (κ1) is 21.2. The smallest absolute Gasteiger partial charge is 0.282 e. The summed E-state index contributed by atoms with van der Waals surface area (Å²) in [5.74, 6) is 0.290. The zero-order valence-electron chi connectivity index (χ0n) is 18.2. The number of anilines is 2. The third-order valence-corrected chi connectivity index (χ3v) is 5.40. The summed E-state index contributed by atoms with van der Waals surface area (Å²) in [4.78, 5) is 30.5. The number of carbonyl (C=O) groups excluding carboxylic acids is 2. The van der Waals surface area contributed by atoms with Gasteiger partial charge in [0, 0.05) is 12.2 Å². The standard InChI is InChI=1S/C26H24N2O4/c1-4-27(19-11-7-5-8-12-19)24-23(18-15-16-21(31-2)22(17-18)32-3)25(29)28(26(24)30)20-13-9-6-10-14-20/h5-17H,4H2,1-3H3. The van der Waals surface area contributed by atoms with E-state index in [1.165, 1.54) is 12.0 Å². The molecule has 6 nitrogen and oxygen atoms in total. The van der Waals surface area contributed by atoms with Gasteiger partial charge in [0.15, 0.2) is 11.5 Å². The van der Waals surface area contributed by atoms with Crippen LogP contribution in [0.2, 0.25) is 0 Å². The Kier molecular flexibility index (Phi) is 5.94. The Bertz CT molecular complexity index is 1170. The highest BCUT2D eigenvalue weighted by Gasteiger charge is 2.42. The van der Waals surface area contributed by atoms with Crippen LogP contribution >= 0.6 is 0 Å². The quantitative estimate of drug-likeness (QED) is 0.518. The van der Waals surface area contributed by atoms with E-state index in [0.717, 1.165) is 5.69 Å². The minimum absolute atomic E-state index is 0.325. The fourth-order valence-corrected chi connectivity index (χ4v) is 3.91. The first-order valence-electron chi connectivity index (χ1n) is 10.3. The van der Waals surface area contributed by atoms with Crippen molar-refractivity contribution in [2.45, 2.75) is 6.92 Å². The van der Waals surface area contributed by atoms with Crippen LogP contribution < -0.4 is 19.3 Å². The summed E-state index contributed by atoms with van der Waals surface area (Å²) >= 11 is 0. The van der Waals surface area contributed by atoms with Crippen LogP contribution in [0.3, 0.4) is 0 Å². The number of ether oxygens (including phenoxy) is 2. The molecule has 4 rings (SSSR count). The predicted molar refractivity (Wildman–Crippen MR) is 125 cm³/mol. The van der Waals surface area contributed by atoms with Crippen LogP contribution in [0.4, 0.5) is 11.4 Å². The minimum atomic E-state index is -0.377. The lowest BCUT2D eigenvalue weighted by molar-refractivity contribution is -0.120. The molecule has 3 aromatic rings. The third-order valence-electron chi connectivity index (χ3n) is 5.40. The first-order chi connectivity index (χ1) is 15.6. The van der Waals surface area contributed by atoms with E-state index >= 15 is 0 Å². The maximum Gasteiger partial charge on any atom is 0.282 e. The van der Waals surface area contributed by atoms with Gasteiger partial charge >= 0.3 is 0 Å². The van der Waals surface area contributed by atoms with E-state index < -0.39 is 0 Å². The van der Waals surface area contributed by atoms with E-state index in [9.17, 15) is 9.59 Å². The second-order valence-electron chi connectivity index (χ2n) is 7.15. The molecule has 162 valence electrons. The molecule has 2 amide bonds. The van der Waals surface area contributed by atoms with Crippen molar-refractivity contribution in [3.63, 3.8) is 0 Å². The second kappa shape index (κ2) is 8.98. The van der Waals surface area contributed by atoms with E-state index in [1.54, 1.807) is 49.6 Å². The maximum absolute atomic E-state index is 13.7. The minimum Gasteiger partial charge on any atom is -0.493 e. The van der Waals surface area contributed by atoms with E-state index in [-0.39, 0.29) is 11.8 Å². The van der Waals surface area contributed by atoms with Gasteiger partial charge in [0.25, 0.3) is 11.8 Å². The second-order valence-corrected chi connectivity index (χ2v) is 7.15. The Morgan fingerprint density at radius 3 is 2.00 bits per heavy atom. The molecule has 0 bridgehead atoms. The molecule has 0 fully saturated rings. The molecule has 1 aliphatic heterocycles. The Balaban J connectivity index is 1.93. The van der Waals surface area contributed by atoms with E-state index in [4.69, 9.17) is 9.47 Å². The Morgan fingerprint density at radius 1 is 0.781 bits per heavy atom. The van der Waals surface area contributed by atoms with E-state index in [2.05, 4.69) is 0 Å². The molecule has 0 radical (unpaired) electrons. The van der Waals surface area contributed by atoms with Crippen LogP contribution in [0.15, 0.2) is 84.6 Å². The van der Waals surface area contributed by atoms with Crippen molar-refractivity contribution in [3.8, 4) is 11.5 Å². The molecule has 0 N–H and O–H groups in total. The van der Waals surface area contributed by atoms with Crippen molar-refractivity contribution in [2.24, 2.45) is 0 Å². The fraction of sp³-hybridized carbons (Fsp3) is 0.154. The zero-order chi connectivity index (χ0) is 22.7. The number of hydrogen-bond donors (Lipinski definition) is 0. The summed E-state index contributed by atoms with van der Waals surface area (Å²) in [6.45, 7) is 2.47. The molecule has 1 heterocycles. The number of methoxy groups -OCH3 is 2. The van der Waals surface area contributed by atoms with Gasteiger partial charge in [0.2, 0.25) is 0 Å². The molecule has 0 saturated heterocycles. The van der Waals surface area contributed by atoms with Gasteiger partial charge in [-0.3, -0.25) is 9.59 Å². The number of nitrogens with zero attached hydrogens (tertiary/aromatic N) is 2. The van der Waals surface area contributed by atoms with Crippen molar-refractivity contribution in [3.05, 3.63) is 90.1 Å². The number of imide groups is 1. The Labute approximate surface area is 187 Å². The van der Waals surface area contributed by atoms with Crippen molar-refractivity contribution < 1.29 is 19.1 Å². The molecule has 0 atom stereocenters. The van der Waals surface area contributed by atoms with Crippen molar-refractivity contribution in [1.29, 1.82) is 0 Å². The highest BCUT2D eigenvalue weighted by Crippen LogP contribution is 2.39. The molecule has 0 spiro atoms. The molecule has 3 aromatic carbocycles.